The first kappa shape index (κ1) is 11.2. The van der Waals surface area contributed by atoms with Crippen molar-refractivity contribution in [3.05, 3.63) is 36.0 Å². The van der Waals surface area contributed by atoms with Crippen LogP contribution in [0.15, 0.2) is 30.5 Å². The molecule has 1 aromatic carbocycles. The van der Waals surface area contributed by atoms with Crippen LogP contribution in [0.4, 0.5) is 0 Å². The highest BCUT2D eigenvalue weighted by molar-refractivity contribution is 5.84. The number of hydrogen-bond donors (Lipinski definition) is 1. The first-order chi connectivity index (χ1) is 7.59. The lowest BCUT2D eigenvalue weighted by Crippen LogP contribution is -2.17. The van der Waals surface area contributed by atoms with Gasteiger partial charge >= 0.3 is 0 Å². The molecule has 0 aliphatic rings. The Bertz CT molecular complexity index is 480. The van der Waals surface area contributed by atoms with Crippen LogP contribution in [0.25, 0.3) is 10.9 Å². The molecular formula is C14H20N2. The average Bonchev–Trinajstić information content (AvgIpc) is 2.57. The summed E-state index contributed by atoms with van der Waals surface area (Å²) in [6, 6.07) is 9.26. The molecule has 86 valence electrons. The molecule has 0 aliphatic heterocycles. The van der Waals surface area contributed by atoms with Gasteiger partial charge in [0, 0.05) is 29.2 Å². The zero-order valence-corrected chi connectivity index (χ0v) is 10.3. The van der Waals surface area contributed by atoms with Crippen molar-refractivity contribution < 1.29 is 0 Å². The van der Waals surface area contributed by atoms with Crippen LogP contribution in [-0.4, -0.2) is 10.6 Å². The van der Waals surface area contributed by atoms with Crippen LogP contribution in [0.3, 0.4) is 0 Å². The van der Waals surface area contributed by atoms with Crippen LogP contribution in [0.5, 0.6) is 0 Å². The Morgan fingerprint density at radius 1 is 1.19 bits per heavy atom. The Morgan fingerprint density at radius 3 is 2.50 bits per heavy atom. The van der Waals surface area contributed by atoms with Gasteiger partial charge in [0.15, 0.2) is 0 Å². The standard InChI is InChI=1S/C14H20N2/c1-10(2)16-9-12(8-11(3)15)13-6-4-5-7-14(13)16/h4-7,9-11H,8,15H2,1-3H3. The minimum atomic E-state index is 0.214. The topological polar surface area (TPSA) is 30.9 Å². The first-order valence-electron chi connectivity index (χ1n) is 5.93. The fraction of sp³-hybridized carbons (Fsp3) is 0.429. The Kier molecular flexibility index (Phi) is 3.01. The van der Waals surface area contributed by atoms with Gasteiger partial charge in [-0.3, -0.25) is 0 Å². The summed E-state index contributed by atoms with van der Waals surface area (Å²) in [4.78, 5) is 0. The van der Waals surface area contributed by atoms with Crippen LogP contribution in [-0.2, 0) is 6.42 Å². The predicted octanol–water partition coefficient (Wildman–Crippen LogP) is 3.11. The van der Waals surface area contributed by atoms with E-state index in [1.54, 1.807) is 0 Å². The summed E-state index contributed by atoms with van der Waals surface area (Å²) in [7, 11) is 0. The minimum Gasteiger partial charge on any atom is -0.345 e. The summed E-state index contributed by atoms with van der Waals surface area (Å²) in [5, 5.41) is 1.34. The van der Waals surface area contributed by atoms with E-state index in [0.717, 1.165) is 6.42 Å². The molecule has 1 heterocycles. The Hall–Kier alpha value is -1.28. The molecule has 2 rings (SSSR count). The van der Waals surface area contributed by atoms with E-state index in [4.69, 9.17) is 5.73 Å². The lowest BCUT2D eigenvalue weighted by molar-refractivity contribution is 0.618. The normalized spacial score (nSPS) is 13.6. The number of benzene rings is 1. The molecule has 0 saturated carbocycles. The van der Waals surface area contributed by atoms with Gasteiger partial charge in [0.25, 0.3) is 0 Å². The number of para-hydroxylation sites is 1. The van der Waals surface area contributed by atoms with Crippen LogP contribution in [0, 0.1) is 0 Å². The Balaban J connectivity index is 2.57. The summed E-state index contributed by atoms with van der Waals surface area (Å²) in [5.74, 6) is 0. The maximum atomic E-state index is 5.89. The number of hydrogen-bond acceptors (Lipinski definition) is 1. The molecule has 0 fully saturated rings. The van der Waals surface area contributed by atoms with E-state index >= 15 is 0 Å². The number of nitrogens with zero attached hydrogens (tertiary/aromatic N) is 1. The smallest absolute Gasteiger partial charge is 0.0485 e. The van der Waals surface area contributed by atoms with E-state index in [1.807, 2.05) is 0 Å². The Labute approximate surface area is 97.1 Å². The van der Waals surface area contributed by atoms with Gasteiger partial charge in [-0.2, -0.15) is 0 Å². The molecule has 1 atom stereocenters. The molecule has 0 amide bonds. The first-order valence-corrected chi connectivity index (χ1v) is 5.93. The average molecular weight is 216 g/mol. The molecule has 0 spiro atoms. The number of rotatable bonds is 3. The molecule has 0 bridgehead atoms. The highest BCUT2D eigenvalue weighted by Crippen LogP contribution is 2.25. The van der Waals surface area contributed by atoms with Crippen molar-refractivity contribution in [3.8, 4) is 0 Å². The van der Waals surface area contributed by atoms with Gasteiger partial charge in [-0.15, -0.1) is 0 Å². The van der Waals surface area contributed by atoms with E-state index in [2.05, 4.69) is 55.8 Å². The molecule has 0 radical (unpaired) electrons. The summed E-state index contributed by atoms with van der Waals surface area (Å²) >= 11 is 0. The van der Waals surface area contributed by atoms with Gasteiger partial charge in [0.05, 0.1) is 0 Å². The lowest BCUT2D eigenvalue weighted by atomic mass is 10.1. The molecule has 2 N–H and O–H groups in total. The van der Waals surface area contributed by atoms with Gasteiger partial charge < -0.3 is 10.3 Å². The molecule has 0 aliphatic carbocycles. The van der Waals surface area contributed by atoms with Crippen molar-refractivity contribution >= 4 is 10.9 Å². The van der Waals surface area contributed by atoms with Gasteiger partial charge in [0.1, 0.15) is 0 Å². The maximum absolute atomic E-state index is 5.89. The molecule has 2 aromatic rings. The van der Waals surface area contributed by atoms with Crippen molar-refractivity contribution in [2.45, 2.75) is 39.3 Å². The third kappa shape index (κ3) is 1.98. The summed E-state index contributed by atoms with van der Waals surface area (Å²) in [5.41, 5.74) is 8.57. The fourth-order valence-electron chi connectivity index (χ4n) is 2.21. The van der Waals surface area contributed by atoms with E-state index in [0.29, 0.717) is 6.04 Å². The second-order valence-electron chi connectivity index (χ2n) is 4.85. The molecule has 2 nitrogen and oxygen atoms in total. The van der Waals surface area contributed by atoms with Crippen molar-refractivity contribution in [1.82, 2.24) is 4.57 Å². The second-order valence-corrected chi connectivity index (χ2v) is 4.85. The van der Waals surface area contributed by atoms with Crippen molar-refractivity contribution in [2.75, 3.05) is 0 Å². The maximum Gasteiger partial charge on any atom is 0.0485 e. The lowest BCUT2D eigenvalue weighted by Gasteiger charge is -2.08. The van der Waals surface area contributed by atoms with Crippen molar-refractivity contribution in [3.63, 3.8) is 0 Å². The van der Waals surface area contributed by atoms with Crippen molar-refractivity contribution in [1.29, 1.82) is 0 Å². The quantitative estimate of drug-likeness (QED) is 0.839. The number of nitrogens with two attached hydrogens (primary N) is 1. The zero-order valence-electron chi connectivity index (χ0n) is 10.3. The molecule has 1 unspecified atom stereocenters. The SMILES string of the molecule is CC(N)Cc1cn(C(C)C)c2ccccc12. The third-order valence-corrected chi connectivity index (χ3v) is 2.92. The van der Waals surface area contributed by atoms with E-state index < -0.39 is 0 Å². The molecule has 2 heteroatoms. The highest BCUT2D eigenvalue weighted by Gasteiger charge is 2.10. The zero-order chi connectivity index (χ0) is 11.7. The van der Waals surface area contributed by atoms with Gasteiger partial charge in [-0.05, 0) is 38.8 Å². The minimum absolute atomic E-state index is 0.214. The van der Waals surface area contributed by atoms with Gasteiger partial charge in [-0.1, -0.05) is 18.2 Å². The van der Waals surface area contributed by atoms with E-state index in [9.17, 15) is 0 Å². The van der Waals surface area contributed by atoms with Gasteiger partial charge in [0.2, 0.25) is 0 Å². The summed E-state index contributed by atoms with van der Waals surface area (Å²) in [6.07, 6.45) is 3.19. The number of aromatic nitrogens is 1. The highest BCUT2D eigenvalue weighted by atomic mass is 15.0. The van der Waals surface area contributed by atoms with Crippen LogP contribution < -0.4 is 5.73 Å². The largest absolute Gasteiger partial charge is 0.345 e. The Morgan fingerprint density at radius 2 is 1.88 bits per heavy atom. The van der Waals surface area contributed by atoms with Crippen LogP contribution in [0.1, 0.15) is 32.4 Å². The van der Waals surface area contributed by atoms with Crippen molar-refractivity contribution in [2.24, 2.45) is 5.73 Å². The van der Waals surface area contributed by atoms with Crippen LogP contribution >= 0.6 is 0 Å². The summed E-state index contributed by atoms with van der Waals surface area (Å²) in [6.45, 7) is 6.48. The number of fused-ring (bicyclic) bond motifs is 1. The van der Waals surface area contributed by atoms with Gasteiger partial charge in [-0.25, -0.2) is 0 Å². The van der Waals surface area contributed by atoms with E-state index in [1.165, 1.54) is 16.5 Å². The second kappa shape index (κ2) is 4.30. The third-order valence-electron chi connectivity index (χ3n) is 2.92. The van der Waals surface area contributed by atoms with Crippen LogP contribution in [0.2, 0.25) is 0 Å². The summed E-state index contributed by atoms with van der Waals surface area (Å²) < 4.78 is 2.33. The fourth-order valence-corrected chi connectivity index (χ4v) is 2.21. The molecule has 1 aromatic heterocycles. The molecule has 0 saturated heterocycles. The monoisotopic (exact) mass is 216 g/mol. The molecular weight excluding hydrogens is 196 g/mol. The molecule has 16 heavy (non-hydrogen) atoms. The van der Waals surface area contributed by atoms with E-state index in [-0.39, 0.29) is 6.04 Å². The predicted molar refractivity (Wildman–Crippen MR) is 69.7 cm³/mol.